The van der Waals surface area contributed by atoms with Crippen molar-refractivity contribution in [3.05, 3.63) is 36.0 Å². The molecule has 1 aliphatic rings. The summed E-state index contributed by atoms with van der Waals surface area (Å²) < 4.78 is 0. The average Bonchev–Trinajstić information content (AvgIpc) is 2.25. The summed E-state index contributed by atoms with van der Waals surface area (Å²) in [7, 11) is 0. The largest absolute Gasteiger partial charge is 0.0988 e. The number of hydrogen-bond acceptors (Lipinski definition) is 0. The van der Waals surface area contributed by atoms with Crippen molar-refractivity contribution < 1.29 is 0 Å². The highest BCUT2D eigenvalue weighted by atomic mass is 14.1. The van der Waals surface area contributed by atoms with Gasteiger partial charge < -0.3 is 0 Å². The van der Waals surface area contributed by atoms with Crippen molar-refractivity contribution >= 4 is 0 Å². The van der Waals surface area contributed by atoms with E-state index in [0.29, 0.717) is 0 Å². The van der Waals surface area contributed by atoms with Crippen LogP contribution in [0.1, 0.15) is 51.9 Å². The van der Waals surface area contributed by atoms with Crippen molar-refractivity contribution in [3.63, 3.8) is 0 Å². The number of unbranched alkanes of at least 4 members (excludes halogenated alkanes) is 2. The Kier molecular flexibility index (Phi) is 5.36. The van der Waals surface area contributed by atoms with Gasteiger partial charge in [0.05, 0.1) is 0 Å². The predicted octanol–water partition coefficient (Wildman–Crippen LogP) is 4.79. The lowest BCUT2D eigenvalue weighted by Crippen LogP contribution is -1.95. The van der Waals surface area contributed by atoms with Gasteiger partial charge in [0.1, 0.15) is 0 Å². The van der Waals surface area contributed by atoms with Crippen molar-refractivity contribution in [1.82, 2.24) is 0 Å². The number of rotatable bonds is 5. The fourth-order valence-corrected chi connectivity index (χ4v) is 1.92. The molecule has 0 N–H and O–H groups in total. The molecule has 78 valence electrons. The summed E-state index contributed by atoms with van der Waals surface area (Å²) in [6.45, 7) is 6.13. The van der Waals surface area contributed by atoms with Crippen LogP contribution in [-0.2, 0) is 0 Å². The van der Waals surface area contributed by atoms with E-state index in [1.807, 2.05) is 6.08 Å². The molecule has 0 amide bonds. The van der Waals surface area contributed by atoms with Crippen molar-refractivity contribution in [3.8, 4) is 0 Å². The van der Waals surface area contributed by atoms with Crippen molar-refractivity contribution in [2.45, 2.75) is 51.9 Å². The molecule has 0 aromatic carbocycles. The first kappa shape index (κ1) is 11.3. The molecule has 0 aliphatic heterocycles. The van der Waals surface area contributed by atoms with E-state index in [-0.39, 0.29) is 0 Å². The van der Waals surface area contributed by atoms with Gasteiger partial charge in [-0.15, -0.1) is 0 Å². The standard InChI is InChI=1S/C14H22/c1-3-5-6-7-11-14-12-9-8-10-13(14)4-2/h4,7,11H,2-3,5-6,8-10,12H2,1H3/b11-7-. The fraction of sp³-hybridized carbons (Fsp3) is 0.571. The monoisotopic (exact) mass is 190 g/mol. The summed E-state index contributed by atoms with van der Waals surface area (Å²) in [4.78, 5) is 0. The van der Waals surface area contributed by atoms with E-state index in [4.69, 9.17) is 0 Å². The summed E-state index contributed by atoms with van der Waals surface area (Å²) in [5.74, 6) is 0. The lowest BCUT2D eigenvalue weighted by Gasteiger charge is -2.14. The molecule has 14 heavy (non-hydrogen) atoms. The molecule has 0 fully saturated rings. The normalized spacial score (nSPS) is 17.8. The molecule has 1 aliphatic carbocycles. The van der Waals surface area contributed by atoms with E-state index >= 15 is 0 Å². The zero-order valence-electron chi connectivity index (χ0n) is 9.39. The van der Waals surface area contributed by atoms with Crippen LogP contribution in [0.3, 0.4) is 0 Å². The van der Waals surface area contributed by atoms with Crippen LogP contribution in [-0.4, -0.2) is 0 Å². The SMILES string of the molecule is C=CC1=C(/C=C\CCCC)CCCC1. The minimum atomic E-state index is 1.23. The molecule has 0 nitrogen and oxygen atoms in total. The van der Waals surface area contributed by atoms with Crippen molar-refractivity contribution in [2.75, 3.05) is 0 Å². The van der Waals surface area contributed by atoms with E-state index in [9.17, 15) is 0 Å². The quantitative estimate of drug-likeness (QED) is 0.547. The van der Waals surface area contributed by atoms with Crippen LogP contribution in [0.25, 0.3) is 0 Å². The van der Waals surface area contributed by atoms with Crippen LogP contribution in [0, 0.1) is 0 Å². The number of allylic oxidation sites excluding steroid dienone is 5. The Morgan fingerprint density at radius 1 is 1.21 bits per heavy atom. The van der Waals surface area contributed by atoms with E-state index in [0.717, 1.165) is 0 Å². The first-order valence-corrected chi connectivity index (χ1v) is 5.89. The first-order chi connectivity index (χ1) is 6.88. The molecular weight excluding hydrogens is 168 g/mol. The maximum atomic E-state index is 3.89. The second-order valence-electron chi connectivity index (χ2n) is 4.01. The molecule has 0 atom stereocenters. The molecule has 0 bridgehead atoms. The Morgan fingerprint density at radius 2 is 1.93 bits per heavy atom. The molecule has 0 saturated heterocycles. The Bertz CT molecular complexity index is 230. The van der Waals surface area contributed by atoms with E-state index in [2.05, 4.69) is 25.7 Å². The van der Waals surface area contributed by atoms with Crippen molar-refractivity contribution in [2.24, 2.45) is 0 Å². The third-order valence-electron chi connectivity index (χ3n) is 2.84. The van der Waals surface area contributed by atoms with Gasteiger partial charge in [-0.3, -0.25) is 0 Å². The van der Waals surface area contributed by atoms with Gasteiger partial charge in [-0.05, 0) is 43.3 Å². The zero-order chi connectivity index (χ0) is 10.2. The number of hydrogen-bond donors (Lipinski definition) is 0. The molecular formula is C14H22. The van der Waals surface area contributed by atoms with Crippen molar-refractivity contribution in [1.29, 1.82) is 0 Å². The fourth-order valence-electron chi connectivity index (χ4n) is 1.92. The van der Waals surface area contributed by atoms with Gasteiger partial charge in [0.25, 0.3) is 0 Å². The molecule has 0 aromatic heterocycles. The molecule has 0 saturated carbocycles. The minimum absolute atomic E-state index is 1.23. The van der Waals surface area contributed by atoms with Gasteiger partial charge in [-0.2, -0.15) is 0 Å². The van der Waals surface area contributed by atoms with Crippen LogP contribution in [0.15, 0.2) is 36.0 Å². The highest BCUT2D eigenvalue weighted by molar-refractivity contribution is 5.33. The molecule has 0 unspecified atom stereocenters. The van der Waals surface area contributed by atoms with Gasteiger partial charge in [0, 0.05) is 0 Å². The Morgan fingerprint density at radius 3 is 2.57 bits per heavy atom. The summed E-state index contributed by atoms with van der Waals surface area (Å²) in [5.41, 5.74) is 3.01. The Hall–Kier alpha value is -0.780. The van der Waals surface area contributed by atoms with Crippen LogP contribution in [0.2, 0.25) is 0 Å². The minimum Gasteiger partial charge on any atom is -0.0988 e. The predicted molar refractivity (Wildman–Crippen MR) is 64.4 cm³/mol. The van der Waals surface area contributed by atoms with Crippen LogP contribution in [0.5, 0.6) is 0 Å². The molecule has 0 radical (unpaired) electrons. The Labute approximate surface area is 88.4 Å². The van der Waals surface area contributed by atoms with E-state index in [1.54, 1.807) is 0 Å². The smallest absolute Gasteiger partial charge is 0.0276 e. The topological polar surface area (TPSA) is 0 Å². The summed E-state index contributed by atoms with van der Waals surface area (Å²) in [5, 5.41) is 0. The van der Waals surface area contributed by atoms with Gasteiger partial charge in [0.15, 0.2) is 0 Å². The summed E-state index contributed by atoms with van der Waals surface area (Å²) in [6, 6.07) is 0. The zero-order valence-corrected chi connectivity index (χ0v) is 9.39. The molecule has 0 heterocycles. The highest BCUT2D eigenvalue weighted by Gasteiger charge is 2.06. The summed E-state index contributed by atoms with van der Waals surface area (Å²) in [6.07, 6.45) is 15.7. The molecule has 0 heteroatoms. The first-order valence-electron chi connectivity index (χ1n) is 5.89. The molecule has 0 spiro atoms. The third-order valence-corrected chi connectivity index (χ3v) is 2.84. The lowest BCUT2D eigenvalue weighted by atomic mass is 9.91. The van der Waals surface area contributed by atoms with E-state index < -0.39 is 0 Å². The van der Waals surface area contributed by atoms with E-state index in [1.165, 1.54) is 56.1 Å². The maximum absolute atomic E-state index is 3.89. The van der Waals surface area contributed by atoms with Gasteiger partial charge >= 0.3 is 0 Å². The highest BCUT2D eigenvalue weighted by Crippen LogP contribution is 2.26. The lowest BCUT2D eigenvalue weighted by molar-refractivity contribution is 0.692. The maximum Gasteiger partial charge on any atom is -0.0276 e. The van der Waals surface area contributed by atoms with Gasteiger partial charge in [-0.1, -0.05) is 44.6 Å². The van der Waals surface area contributed by atoms with Crippen LogP contribution < -0.4 is 0 Å². The summed E-state index contributed by atoms with van der Waals surface area (Å²) >= 11 is 0. The second kappa shape index (κ2) is 6.64. The van der Waals surface area contributed by atoms with Crippen LogP contribution in [0.4, 0.5) is 0 Å². The third kappa shape index (κ3) is 3.53. The molecule has 0 aromatic rings. The average molecular weight is 190 g/mol. The van der Waals surface area contributed by atoms with Gasteiger partial charge in [-0.25, -0.2) is 0 Å². The Balaban J connectivity index is 2.50. The second-order valence-corrected chi connectivity index (χ2v) is 4.01. The van der Waals surface area contributed by atoms with Gasteiger partial charge in [0.2, 0.25) is 0 Å². The molecule has 1 rings (SSSR count). The van der Waals surface area contributed by atoms with Crippen LogP contribution >= 0.6 is 0 Å².